The van der Waals surface area contributed by atoms with Crippen LogP contribution >= 0.6 is 34.4 Å². The zero-order valence-electron chi connectivity index (χ0n) is 9.27. The number of hydrogen-bond donors (Lipinski definition) is 0. The molecule has 0 aliphatic rings. The smallest absolute Gasteiger partial charge is 0.0942 e. The molecule has 0 spiro atoms. The molecule has 0 unspecified atom stereocenters. The van der Waals surface area contributed by atoms with Gasteiger partial charge in [-0.05, 0) is 53.3 Å². The number of halogens is 1. The highest BCUT2D eigenvalue weighted by Crippen LogP contribution is 2.23. The quantitative estimate of drug-likeness (QED) is 0.625. The highest BCUT2D eigenvalue weighted by molar-refractivity contribution is 14.1. The molecule has 2 aromatic rings. The van der Waals surface area contributed by atoms with Gasteiger partial charge in [0.25, 0.3) is 0 Å². The van der Waals surface area contributed by atoms with Crippen molar-refractivity contribution in [2.75, 3.05) is 0 Å². The predicted molar refractivity (Wildman–Crippen MR) is 76.7 cm³/mol. The maximum atomic E-state index is 4.33. The number of nitrogens with zero attached hydrogens (tertiary/aromatic N) is 2. The summed E-state index contributed by atoms with van der Waals surface area (Å²) < 4.78 is 3.22. The Morgan fingerprint density at radius 3 is 2.56 bits per heavy atom. The Morgan fingerprint density at radius 1 is 1.31 bits per heavy atom. The van der Waals surface area contributed by atoms with E-state index in [1.165, 1.54) is 14.2 Å². The van der Waals surface area contributed by atoms with Crippen LogP contribution in [0.15, 0.2) is 35.4 Å². The Hall–Kier alpha value is -0.490. The summed E-state index contributed by atoms with van der Waals surface area (Å²) in [6, 6.07) is 10.8. The summed E-state index contributed by atoms with van der Waals surface area (Å²) in [7, 11) is 1.99. The van der Waals surface area contributed by atoms with E-state index in [-0.39, 0.29) is 0 Å². The highest BCUT2D eigenvalue weighted by Gasteiger charge is 2.02. The van der Waals surface area contributed by atoms with Crippen molar-refractivity contribution in [3.05, 3.63) is 45.2 Å². The van der Waals surface area contributed by atoms with Crippen LogP contribution in [0, 0.1) is 10.5 Å². The van der Waals surface area contributed by atoms with Gasteiger partial charge in [0.15, 0.2) is 0 Å². The topological polar surface area (TPSA) is 17.8 Å². The Balaban J connectivity index is 2.02. The Kier molecular flexibility index (Phi) is 3.91. The second-order valence-corrected chi connectivity index (χ2v) is 5.90. The van der Waals surface area contributed by atoms with Crippen LogP contribution in [-0.4, -0.2) is 9.78 Å². The molecule has 0 bridgehead atoms. The number of rotatable bonds is 3. The molecule has 1 aromatic heterocycles. The van der Waals surface area contributed by atoms with Crippen molar-refractivity contribution in [2.24, 2.45) is 7.05 Å². The molecular formula is C12H13IN2S. The summed E-state index contributed by atoms with van der Waals surface area (Å²) in [5, 5.41) is 5.55. The van der Waals surface area contributed by atoms with Crippen molar-refractivity contribution in [3.8, 4) is 0 Å². The van der Waals surface area contributed by atoms with Gasteiger partial charge in [0, 0.05) is 16.4 Å². The lowest BCUT2D eigenvalue weighted by atomic mass is 10.2. The summed E-state index contributed by atoms with van der Waals surface area (Å²) in [5.41, 5.74) is 2.43. The van der Waals surface area contributed by atoms with Crippen LogP contribution in [0.2, 0.25) is 0 Å². The Bertz CT molecular complexity index is 476. The van der Waals surface area contributed by atoms with Gasteiger partial charge in [-0.1, -0.05) is 12.1 Å². The van der Waals surface area contributed by atoms with Gasteiger partial charge < -0.3 is 0 Å². The molecule has 0 aliphatic carbocycles. The van der Waals surface area contributed by atoms with Crippen molar-refractivity contribution >= 4 is 34.4 Å². The van der Waals surface area contributed by atoms with Gasteiger partial charge in [-0.25, -0.2) is 0 Å². The van der Waals surface area contributed by atoms with Gasteiger partial charge in [-0.15, -0.1) is 11.8 Å². The van der Waals surface area contributed by atoms with E-state index in [4.69, 9.17) is 0 Å². The molecule has 1 aromatic carbocycles. The standard InChI is InChI=1S/C12H13IN2S/c1-9-7-12(15(2)14-9)16-8-10-3-5-11(13)6-4-10/h3-7H,8H2,1-2H3. The largest absolute Gasteiger partial charge is 0.262 e. The highest BCUT2D eigenvalue weighted by atomic mass is 127. The fraction of sp³-hybridized carbons (Fsp3) is 0.250. The molecule has 0 atom stereocenters. The van der Waals surface area contributed by atoms with Crippen molar-refractivity contribution in [1.29, 1.82) is 0 Å². The van der Waals surface area contributed by atoms with Gasteiger partial charge in [0.1, 0.15) is 0 Å². The van der Waals surface area contributed by atoms with Crippen LogP contribution in [0.25, 0.3) is 0 Å². The minimum absolute atomic E-state index is 0.996. The number of aryl methyl sites for hydroxylation is 2. The van der Waals surface area contributed by atoms with Crippen molar-refractivity contribution < 1.29 is 0 Å². The summed E-state index contributed by atoms with van der Waals surface area (Å²) in [6.45, 7) is 2.02. The molecule has 0 radical (unpaired) electrons. The van der Waals surface area contributed by atoms with E-state index in [0.717, 1.165) is 11.4 Å². The first-order valence-electron chi connectivity index (χ1n) is 5.03. The molecule has 1 heterocycles. The number of aromatic nitrogens is 2. The van der Waals surface area contributed by atoms with Crippen LogP contribution in [-0.2, 0) is 12.8 Å². The molecule has 2 rings (SSSR count). The van der Waals surface area contributed by atoms with Gasteiger partial charge in [-0.3, -0.25) is 4.68 Å². The van der Waals surface area contributed by atoms with Crippen molar-refractivity contribution in [3.63, 3.8) is 0 Å². The van der Waals surface area contributed by atoms with Crippen LogP contribution in [0.3, 0.4) is 0 Å². The lowest BCUT2D eigenvalue weighted by Gasteiger charge is -2.02. The molecule has 84 valence electrons. The molecule has 0 saturated heterocycles. The molecule has 0 N–H and O–H groups in total. The van der Waals surface area contributed by atoms with E-state index in [1.54, 1.807) is 0 Å². The zero-order valence-corrected chi connectivity index (χ0v) is 12.2. The molecule has 0 saturated carbocycles. The first-order chi connectivity index (χ1) is 7.65. The fourth-order valence-electron chi connectivity index (χ4n) is 1.46. The molecule has 16 heavy (non-hydrogen) atoms. The van der Waals surface area contributed by atoms with E-state index in [2.05, 4.69) is 58.0 Å². The third-order valence-electron chi connectivity index (χ3n) is 2.26. The second-order valence-electron chi connectivity index (χ2n) is 3.66. The lowest BCUT2D eigenvalue weighted by molar-refractivity contribution is 0.692. The van der Waals surface area contributed by atoms with Crippen LogP contribution in [0.4, 0.5) is 0 Å². The van der Waals surface area contributed by atoms with E-state index in [0.29, 0.717) is 0 Å². The van der Waals surface area contributed by atoms with E-state index in [9.17, 15) is 0 Å². The number of benzene rings is 1. The zero-order chi connectivity index (χ0) is 11.5. The fourth-order valence-corrected chi connectivity index (χ4v) is 2.81. The summed E-state index contributed by atoms with van der Waals surface area (Å²) >= 11 is 4.15. The first-order valence-corrected chi connectivity index (χ1v) is 7.09. The first kappa shape index (κ1) is 12.0. The Morgan fingerprint density at radius 2 is 2.00 bits per heavy atom. The van der Waals surface area contributed by atoms with Crippen LogP contribution < -0.4 is 0 Å². The number of thioether (sulfide) groups is 1. The van der Waals surface area contributed by atoms with Crippen molar-refractivity contribution in [1.82, 2.24) is 9.78 Å². The minimum Gasteiger partial charge on any atom is -0.262 e. The monoisotopic (exact) mass is 344 g/mol. The van der Waals surface area contributed by atoms with Crippen LogP contribution in [0.5, 0.6) is 0 Å². The maximum Gasteiger partial charge on any atom is 0.0942 e. The maximum absolute atomic E-state index is 4.33. The van der Waals surface area contributed by atoms with E-state index < -0.39 is 0 Å². The predicted octanol–water partition coefficient (Wildman–Crippen LogP) is 3.63. The number of hydrogen-bond acceptors (Lipinski definition) is 2. The molecule has 0 amide bonds. The van der Waals surface area contributed by atoms with Gasteiger partial charge in [-0.2, -0.15) is 5.10 Å². The SMILES string of the molecule is Cc1cc(SCc2ccc(I)cc2)n(C)n1. The summed E-state index contributed by atoms with van der Waals surface area (Å²) in [4.78, 5) is 0. The second kappa shape index (κ2) is 5.23. The van der Waals surface area contributed by atoms with Gasteiger partial charge in [0.2, 0.25) is 0 Å². The summed E-state index contributed by atoms with van der Waals surface area (Å²) in [5.74, 6) is 0.996. The molecule has 4 heteroatoms. The molecule has 0 fully saturated rings. The third-order valence-corrected chi connectivity index (χ3v) is 4.13. The summed E-state index contributed by atoms with van der Waals surface area (Å²) in [6.07, 6.45) is 0. The minimum atomic E-state index is 0.996. The Labute approximate surface area is 114 Å². The van der Waals surface area contributed by atoms with E-state index in [1.807, 2.05) is 30.4 Å². The molecule has 2 nitrogen and oxygen atoms in total. The lowest BCUT2D eigenvalue weighted by Crippen LogP contribution is -1.92. The van der Waals surface area contributed by atoms with Gasteiger partial charge in [0.05, 0.1) is 10.7 Å². The van der Waals surface area contributed by atoms with Crippen molar-refractivity contribution in [2.45, 2.75) is 17.7 Å². The average Bonchev–Trinajstić information content (AvgIpc) is 2.57. The van der Waals surface area contributed by atoms with E-state index >= 15 is 0 Å². The van der Waals surface area contributed by atoms with Gasteiger partial charge >= 0.3 is 0 Å². The normalized spacial score (nSPS) is 10.7. The molecule has 0 aliphatic heterocycles. The molecular weight excluding hydrogens is 331 g/mol. The van der Waals surface area contributed by atoms with Crippen LogP contribution in [0.1, 0.15) is 11.3 Å². The third kappa shape index (κ3) is 3.01. The average molecular weight is 344 g/mol.